The van der Waals surface area contributed by atoms with Crippen molar-refractivity contribution >= 4 is 23.6 Å². The molecule has 2 aromatic carbocycles. The quantitative estimate of drug-likeness (QED) is 0.872. The summed E-state index contributed by atoms with van der Waals surface area (Å²) < 4.78 is 14.2. The van der Waals surface area contributed by atoms with Crippen molar-refractivity contribution in [3.63, 3.8) is 0 Å². The summed E-state index contributed by atoms with van der Waals surface area (Å²) in [5, 5.41) is 8.85. The summed E-state index contributed by atoms with van der Waals surface area (Å²) in [6, 6.07) is 11.3. The van der Waals surface area contributed by atoms with Gasteiger partial charge in [-0.05, 0) is 54.8 Å². The number of carboxylic acid groups (broad SMARTS) is 1. The Morgan fingerprint density at radius 2 is 1.83 bits per heavy atom. The van der Waals surface area contributed by atoms with Crippen molar-refractivity contribution in [1.82, 2.24) is 0 Å². The van der Waals surface area contributed by atoms with E-state index in [1.165, 1.54) is 18.2 Å². The second-order valence-corrected chi connectivity index (χ2v) is 5.52. The van der Waals surface area contributed by atoms with Gasteiger partial charge in [0.2, 0.25) is 0 Å². The van der Waals surface area contributed by atoms with Crippen molar-refractivity contribution in [2.75, 3.05) is 18.0 Å². The molecule has 5 heteroatoms. The van der Waals surface area contributed by atoms with Gasteiger partial charge in [-0.15, -0.1) is 0 Å². The molecule has 1 heterocycles. The summed E-state index contributed by atoms with van der Waals surface area (Å²) in [4.78, 5) is 17.1. The van der Waals surface area contributed by atoms with E-state index in [0.29, 0.717) is 16.9 Å². The van der Waals surface area contributed by atoms with Crippen molar-refractivity contribution < 1.29 is 14.3 Å². The maximum Gasteiger partial charge on any atom is 0.335 e. The van der Waals surface area contributed by atoms with Crippen LogP contribution >= 0.6 is 0 Å². The van der Waals surface area contributed by atoms with Crippen LogP contribution in [-0.2, 0) is 0 Å². The van der Waals surface area contributed by atoms with Gasteiger partial charge in [0.25, 0.3) is 0 Å². The number of nitrogens with zero attached hydrogens (tertiary/aromatic N) is 2. The molecule has 4 nitrogen and oxygen atoms in total. The van der Waals surface area contributed by atoms with Crippen molar-refractivity contribution in [3.8, 4) is 0 Å². The summed E-state index contributed by atoms with van der Waals surface area (Å²) in [5.74, 6) is -1.21. The van der Waals surface area contributed by atoms with E-state index in [1.54, 1.807) is 24.4 Å². The van der Waals surface area contributed by atoms with Crippen molar-refractivity contribution in [2.24, 2.45) is 4.99 Å². The minimum atomic E-state index is -0.972. The number of hydrogen-bond acceptors (Lipinski definition) is 3. The van der Waals surface area contributed by atoms with Gasteiger partial charge in [-0.1, -0.05) is 6.07 Å². The Kier molecular flexibility index (Phi) is 4.37. The van der Waals surface area contributed by atoms with Crippen LogP contribution in [0.2, 0.25) is 0 Å². The molecule has 3 rings (SSSR count). The molecule has 0 bridgehead atoms. The number of benzene rings is 2. The van der Waals surface area contributed by atoms with Crippen LogP contribution < -0.4 is 4.90 Å². The first-order chi connectivity index (χ1) is 11.1. The van der Waals surface area contributed by atoms with Crippen LogP contribution in [0.3, 0.4) is 0 Å². The highest BCUT2D eigenvalue weighted by Crippen LogP contribution is 2.24. The van der Waals surface area contributed by atoms with E-state index in [4.69, 9.17) is 5.11 Å². The predicted molar refractivity (Wildman–Crippen MR) is 88.5 cm³/mol. The summed E-state index contributed by atoms with van der Waals surface area (Å²) in [5.41, 5.74) is 2.15. The molecule has 1 saturated heterocycles. The van der Waals surface area contributed by atoms with Crippen LogP contribution in [0.25, 0.3) is 0 Å². The van der Waals surface area contributed by atoms with Gasteiger partial charge in [0, 0.05) is 19.3 Å². The molecule has 0 aromatic heterocycles. The number of hydrogen-bond donors (Lipinski definition) is 1. The van der Waals surface area contributed by atoms with Crippen molar-refractivity contribution in [1.29, 1.82) is 0 Å². The SMILES string of the molecule is O=C(O)c1ccc(N=Cc2ccc(N3CCCC3)c(F)c2)cc1. The van der Waals surface area contributed by atoms with E-state index in [9.17, 15) is 9.18 Å². The second kappa shape index (κ2) is 6.60. The zero-order valence-corrected chi connectivity index (χ0v) is 12.6. The van der Waals surface area contributed by atoms with E-state index in [1.807, 2.05) is 6.07 Å². The van der Waals surface area contributed by atoms with Crippen LogP contribution in [0.1, 0.15) is 28.8 Å². The third kappa shape index (κ3) is 3.56. The lowest BCUT2D eigenvalue weighted by Gasteiger charge is -2.18. The molecule has 1 fully saturated rings. The third-order valence-corrected chi connectivity index (χ3v) is 3.90. The Morgan fingerprint density at radius 1 is 1.13 bits per heavy atom. The summed E-state index contributed by atoms with van der Waals surface area (Å²) in [6.07, 6.45) is 3.79. The highest BCUT2D eigenvalue weighted by molar-refractivity contribution is 5.88. The molecule has 0 atom stereocenters. The molecule has 0 unspecified atom stereocenters. The van der Waals surface area contributed by atoms with E-state index >= 15 is 0 Å². The maximum absolute atomic E-state index is 14.2. The molecule has 1 aliphatic rings. The first kappa shape index (κ1) is 15.2. The number of aliphatic imine (C=N–C) groups is 1. The van der Waals surface area contributed by atoms with Crippen LogP contribution in [-0.4, -0.2) is 30.4 Å². The minimum Gasteiger partial charge on any atom is -0.478 e. The average Bonchev–Trinajstić information content (AvgIpc) is 3.07. The molecular weight excluding hydrogens is 295 g/mol. The molecule has 118 valence electrons. The molecule has 0 amide bonds. The van der Waals surface area contributed by atoms with E-state index in [0.717, 1.165) is 25.9 Å². The number of aromatic carboxylic acids is 1. The fourth-order valence-corrected chi connectivity index (χ4v) is 2.66. The standard InChI is InChI=1S/C18H17FN2O2/c19-16-11-13(3-8-17(16)21-9-1-2-10-21)12-20-15-6-4-14(5-7-15)18(22)23/h3-8,11-12H,1-2,9-10H2,(H,22,23). The Labute approximate surface area is 133 Å². The highest BCUT2D eigenvalue weighted by atomic mass is 19.1. The Hall–Kier alpha value is -2.69. The number of halogens is 1. The zero-order chi connectivity index (χ0) is 16.2. The molecule has 0 saturated carbocycles. The predicted octanol–water partition coefficient (Wildman–Crippen LogP) is 3.87. The molecule has 23 heavy (non-hydrogen) atoms. The highest BCUT2D eigenvalue weighted by Gasteiger charge is 2.15. The van der Waals surface area contributed by atoms with Crippen LogP contribution in [0.5, 0.6) is 0 Å². The van der Waals surface area contributed by atoms with Gasteiger partial charge < -0.3 is 10.0 Å². The first-order valence-corrected chi connectivity index (χ1v) is 7.55. The lowest BCUT2D eigenvalue weighted by molar-refractivity contribution is 0.0697. The van der Waals surface area contributed by atoms with Gasteiger partial charge in [-0.2, -0.15) is 0 Å². The van der Waals surface area contributed by atoms with Crippen LogP contribution in [0, 0.1) is 5.82 Å². The third-order valence-electron chi connectivity index (χ3n) is 3.90. The molecule has 2 aromatic rings. The van der Waals surface area contributed by atoms with Gasteiger partial charge in [0.15, 0.2) is 0 Å². The van der Waals surface area contributed by atoms with E-state index in [2.05, 4.69) is 9.89 Å². The number of carbonyl (C=O) groups is 1. The molecular formula is C18H17FN2O2. The monoisotopic (exact) mass is 312 g/mol. The molecule has 1 N–H and O–H groups in total. The Bertz CT molecular complexity index is 735. The van der Waals surface area contributed by atoms with E-state index in [-0.39, 0.29) is 11.4 Å². The zero-order valence-electron chi connectivity index (χ0n) is 12.6. The van der Waals surface area contributed by atoms with Gasteiger partial charge in [-0.3, -0.25) is 4.99 Å². The van der Waals surface area contributed by atoms with E-state index < -0.39 is 5.97 Å². The molecule has 0 aliphatic carbocycles. The number of rotatable bonds is 4. The Morgan fingerprint density at radius 3 is 2.43 bits per heavy atom. The largest absolute Gasteiger partial charge is 0.478 e. The number of anilines is 1. The van der Waals surface area contributed by atoms with Gasteiger partial charge in [0.05, 0.1) is 16.9 Å². The Balaban J connectivity index is 1.74. The normalized spacial score (nSPS) is 14.6. The fraction of sp³-hybridized carbons (Fsp3) is 0.222. The van der Waals surface area contributed by atoms with Crippen LogP contribution in [0.15, 0.2) is 47.5 Å². The summed E-state index contributed by atoms with van der Waals surface area (Å²) in [6.45, 7) is 1.81. The summed E-state index contributed by atoms with van der Waals surface area (Å²) >= 11 is 0. The number of carboxylic acids is 1. The maximum atomic E-state index is 14.2. The topological polar surface area (TPSA) is 52.9 Å². The fourth-order valence-electron chi connectivity index (χ4n) is 2.66. The first-order valence-electron chi connectivity index (χ1n) is 7.55. The molecule has 0 spiro atoms. The average molecular weight is 312 g/mol. The second-order valence-electron chi connectivity index (χ2n) is 5.52. The molecule has 1 aliphatic heterocycles. The van der Waals surface area contributed by atoms with Crippen molar-refractivity contribution in [3.05, 3.63) is 59.4 Å². The molecule has 0 radical (unpaired) electrons. The minimum absolute atomic E-state index is 0.213. The van der Waals surface area contributed by atoms with Crippen LogP contribution in [0.4, 0.5) is 15.8 Å². The van der Waals surface area contributed by atoms with Gasteiger partial charge in [-0.25, -0.2) is 9.18 Å². The lowest BCUT2D eigenvalue weighted by Crippen LogP contribution is -2.18. The lowest BCUT2D eigenvalue weighted by atomic mass is 10.2. The summed E-state index contributed by atoms with van der Waals surface area (Å²) in [7, 11) is 0. The van der Waals surface area contributed by atoms with Gasteiger partial charge >= 0.3 is 5.97 Å². The smallest absolute Gasteiger partial charge is 0.335 e. The van der Waals surface area contributed by atoms with Crippen molar-refractivity contribution in [2.45, 2.75) is 12.8 Å². The van der Waals surface area contributed by atoms with Gasteiger partial charge in [0.1, 0.15) is 5.82 Å².